The van der Waals surface area contributed by atoms with E-state index < -0.39 is 35.0 Å². The van der Waals surface area contributed by atoms with Crippen molar-refractivity contribution in [3.05, 3.63) is 51.4 Å². The number of carbonyl (C=O) groups excluding carboxylic acids is 2. The number of nitrogens with one attached hydrogen (secondary N) is 1. The first-order valence-corrected chi connectivity index (χ1v) is 12.5. The Bertz CT molecular complexity index is 1250. The number of thioether (sulfide) groups is 2. The number of fused-ring (bicyclic) bond motifs is 2. The Balaban J connectivity index is 1.49. The summed E-state index contributed by atoms with van der Waals surface area (Å²) in [6, 6.07) is 2.34. The molecule has 33 heavy (non-hydrogen) atoms. The third-order valence-corrected chi connectivity index (χ3v) is 7.96. The van der Waals surface area contributed by atoms with Gasteiger partial charge in [-0.1, -0.05) is 11.8 Å². The second-order valence-corrected chi connectivity index (χ2v) is 11.6. The number of ether oxygens (including phenoxy) is 1. The summed E-state index contributed by atoms with van der Waals surface area (Å²) in [5.41, 5.74) is -0.266. The Morgan fingerprint density at radius 1 is 1.36 bits per heavy atom. The van der Waals surface area contributed by atoms with E-state index >= 15 is 0 Å². The van der Waals surface area contributed by atoms with Crippen LogP contribution in [0.2, 0.25) is 0 Å². The first-order chi connectivity index (χ1) is 15.5. The average Bonchev–Trinajstić information content (AvgIpc) is 3.19. The minimum Gasteiger partial charge on any atom is -0.477 e. The van der Waals surface area contributed by atoms with Crippen LogP contribution in [0, 0.1) is 0 Å². The first kappa shape index (κ1) is 23.5. The van der Waals surface area contributed by atoms with Crippen LogP contribution in [-0.4, -0.2) is 50.7 Å². The van der Waals surface area contributed by atoms with Gasteiger partial charge in [-0.2, -0.15) is 0 Å². The van der Waals surface area contributed by atoms with Crippen molar-refractivity contribution in [2.45, 2.75) is 42.0 Å². The molecule has 2 N–H and O–H groups in total. The van der Waals surface area contributed by atoms with Crippen molar-refractivity contribution in [3.63, 3.8) is 0 Å². The van der Waals surface area contributed by atoms with Gasteiger partial charge in [-0.05, 0) is 43.9 Å². The van der Waals surface area contributed by atoms with Crippen LogP contribution in [-0.2, 0) is 14.3 Å². The van der Waals surface area contributed by atoms with Gasteiger partial charge in [-0.25, -0.2) is 9.59 Å². The number of rotatable bonds is 5. The van der Waals surface area contributed by atoms with Gasteiger partial charge in [0.05, 0.1) is 15.2 Å². The molecule has 0 radical (unpaired) electrons. The SMILES string of the molecule is CC(C)(C)OC(=O)NC1C(=O)N2C(C(=O)O)=C(/C=C/Sc3cc(=O)c4occc4s3)CSC12. The van der Waals surface area contributed by atoms with Gasteiger partial charge >= 0.3 is 12.1 Å². The molecule has 2 aliphatic rings. The molecular weight excluding hydrogens is 488 g/mol. The fourth-order valence-electron chi connectivity index (χ4n) is 3.31. The van der Waals surface area contributed by atoms with E-state index in [1.54, 1.807) is 38.3 Å². The maximum atomic E-state index is 12.7. The van der Waals surface area contributed by atoms with Gasteiger partial charge in [-0.15, -0.1) is 23.1 Å². The number of β-lactam (4-membered cyclic amide) rings is 1. The van der Waals surface area contributed by atoms with E-state index in [-0.39, 0.29) is 11.1 Å². The van der Waals surface area contributed by atoms with Gasteiger partial charge in [0.2, 0.25) is 5.43 Å². The highest BCUT2D eigenvalue weighted by Crippen LogP contribution is 2.41. The molecule has 9 nitrogen and oxygen atoms in total. The number of allylic oxidation sites excluding steroid dienone is 1. The molecule has 0 saturated carbocycles. The molecular formula is C21H20N2O7S3. The Morgan fingerprint density at radius 2 is 2.12 bits per heavy atom. The fraction of sp³-hybridized carbons (Fsp3) is 0.333. The number of hydrogen-bond donors (Lipinski definition) is 2. The molecule has 2 amide bonds. The molecule has 0 aromatic carbocycles. The first-order valence-electron chi connectivity index (χ1n) is 9.80. The summed E-state index contributed by atoms with van der Waals surface area (Å²) in [7, 11) is 0. The summed E-state index contributed by atoms with van der Waals surface area (Å²) in [6.07, 6.45) is 2.37. The highest BCUT2D eigenvalue weighted by molar-refractivity contribution is 8.04. The maximum absolute atomic E-state index is 12.7. The number of nitrogens with zero attached hydrogens (tertiary/aromatic N) is 1. The number of alkyl carbamates (subject to hydrolysis) is 1. The van der Waals surface area contributed by atoms with Crippen molar-refractivity contribution >= 4 is 63.1 Å². The van der Waals surface area contributed by atoms with Gasteiger partial charge in [0.1, 0.15) is 22.7 Å². The van der Waals surface area contributed by atoms with E-state index in [0.29, 0.717) is 16.9 Å². The molecule has 0 spiro atoms. The van der Waals surface area contributed by atoms with E-state index in [0.717, 1.165) is 8.91 Å². The summed E-state index contributed by atoms with van der Waals surface area (Å²) >= 11 is 4.02. The zero-order chi connectivity index (χ0) is 23.9. The zero-order valence-electron chi connectivity index (χ0n) is 17.8. The molecule has 2 aliphatic heterocycles. The largest absolute Gasteiger partial charge is 0.477 e. The standard InChI is InChI=1S/C21H20N2O7S3/c1-21(2,3)30-20(28)22-14-17(25)23-15(19(26)27)10(9-32-18(14)23)5-7-31-13-8-11(24)16-12(33-13)4-6-29-16/h4-8,14,18H,9H2,1-3H3,(H,22,28)(H,26,27)/b7-5+. The number of aliphatic carboxylic acids is 1. The Hall–Kier alpha value is -2.70. The molecule has 174 valence electrons. The lowest BCUT2D eigenvalue weighted by Crippen LogP contribution is -2.70. The monoisotopic (exact) mass is 508 g/mol. The predicted octanol–water partition coefficient (Wildman–Crippen LogP) is 3.61. The van der Waals surface area contributed by atoms with E-state index in [1.807, 2.05) is 0 Å². The molecule has 2 aromatic rings. The van der Waals surface area contributed by atoms with Crippen molar-refractivity contribution in [3.8, 4) is 0 Å². The molecule has 0 bridgehead atoms. The number of hydrogen-bond acceptors (Lipinski definition) is 9. The minimum atomic E-state index is -1.22. The quantitative estimate of drug-likeness (QED) is 0.460. The van der Waals surface area contributed by atoms with Crippen molar-refractivity contribution < 1.29 is 28.6 Å². The smallest absolute Gasteiger partial charge is 0.408 e. The number of carboxylic acid groups (broad SMARTS) is 1. The molecule has 12 heteroatoms. The number of amides is 2. The lowest BCUT2D eigenvalue weighted by Gasteiger charge is -2.49. The second kappa shape index (κ2) is 8.92. The van der Waals surface area contributed by atoms with Crippen LogP contribution in [0.5, 0.6) is 0 Å². The summed E-state index contributed by atoms with van der Waals surface area (Å²) in [5.74, 6) is -1.38. The number of carbonyl (C=O) groups is 3. The minimum absolute atomic E-state index is 0.110. The molecule has 4 heterocycles. The summed E-state index contributed by atoms with van der Waals surface area (Å²) in [4.78, 5) is 49.9. The molecule has 4 rings (SSSR count). The van der Waals surface area contributed by atoms with Crippen molar-refractivity contribution in [1.82, 2.24) is 10.2 Å². The second-order valence-electron chi connectivity index (χ2n) is 8.18. The molecule has 2 unspecified atom stereocenters. The number of furan rings is 1. The van der Waals surface area contributed by atoms with E-state index in [2.05, 4.69) is 5.32 Å². The topological polar surface area (TPSA) is 126 Å². The van der Waals surface area contributed by atoms with Gasteiger partial charge in [-0.3, -0.25) is 14.5 Å². The van der Waals surface area contributed by atoms with Crippen molar-refractivity contribution in [2.75, 3.05) is 5.75 Å². The summed E-state index contributed by atoms with van der Waals surface area (Å²) < 4.78 is 11.8. The van der Waals surface area contributed by atoms with Gasteiger partial charge in [0.25, 0.3) is 5.91 Å². The van der Waals surface area contributed by atoms with Crippen molar-refractivity contribution in [1.29, 1.82) is 0 Å². The van der Waals surface area contributed by atoms with Crippen molar-refractivity contribution in [2.24, 2.45) is 0 Å². The molecule has 2 atom stereocenters. The van der Waals surface area contributed by atoms with Crippen LogP contribution in [0.4, 0.5) is 4.79 Å². The zero-order valence-corrected chi connectivity index (χ0v) is 20.3. The van der Waals surface area contributed by atoms with Crippen LogP contribution in [0.3, 0.4) is 0 Å². The Kier molecular flexibility index (Phi) is 6.34. The third kappa shape index (κ3) is 4.82. The van der Waals surface area contributed by atoms with Crippen LogP contribution in [0.1, 0.15) is 20.8 Å². The fourth-order valence-corrected chi connectivity index (χ4v) is 6.55. The van der Waals surface area contributed by atoms with E-state index in [4.69, 9.17) is 9.15 Å². The van der Waals surface area contributed by atoms with E-state index in [9.17, 15) is 24.3 Å². The molecule has 0 aliphatic carbocycles. The van der Waals surface area contributed by atoms with E-state index in [1.165, 1.54) is 52.1 Å². The normalized spacial score (nSPS) is 20.7. The molecule has 1 saturated heterocycles. The summed E-state index contributed by atoms with van der Waals surface area (Å²) in [5, 5.41) is 13.5. The van der Waals surface area contributed by atoms with Gasteiger partial charge in [0.15, 0.2) is 5.58 Å². The van der Waals surface area contributed by atoms with Gasteiger partial charge in [0, 0.05) is 11.8 Å². The average molecular weight is 509 g/mol. The lowest BCUT2D eigenvalue weighted by atomic mass is 10.0. The summed E-state index contributed by atoms with van der Waals surface area (Å²) in [6.45, 7) is 5.14. The van der Waals surface area contributed by atoms with Crippen LogP contribution >= 0.6 is 34.9 Å². The predicted molar refractivity (Wildman–Crippen MR) is 126 cm³/mol. The lowest BCUT2D eigenvalue weighted by molar-refractivity contribution is -0.149. The van der Waals surface area contributed by atoms with Crippen LogP contribution < -0.4 is 10.7 Å². The number of carboxylic acids is 1. The third-order valence-electron chi connectivity index (χ3n) is 4.64. The van der Waals surface area contributed by atoms with Crippen LogP contribution in [0.15, 0.2) is 54.6 Å². The van der Waals surface area contributed by atoms with Gasteiger partial charge < -0.3 is 19.6 Å². The maximum Gasteiger partial charge on any atom is 0.408 e. The highest BCUT2D eigenvalue weighted by atomic mass is 32.2. The molecule has 2 aromatic heterocycles. The Morgan fingerprint density at radius 3 is 2.82 bits per heavy atom. The highest BCUT2D eigenvalue weighted by Gasteiger charge is 2.54. The molecule has 1 fully saturated rings. The Labute approximate surface area is 200 Å². The van der Waals surface area contributed by atoms with Crippen LogP contribution in [0.25, 0.3) is 10.3 Å².